The first-order valence-corrected chi connectivity index (χ1v) is 13.5. The Labute approximate surface area is 235 Å². The Morgan fingerprint density at radius 2 is 1.64 bits per heavy atom. The fourth-order valence-electron chi connectivity index (χ4n) is 3.68. The monoisotopic (exact) mass is 601 g/mol. The molecule has 4 nitrogen and oxygen atoms in total. The Balaban J connectivity index is 0.00000361. The summed E-state index contributed by atoms with van der Waals surface area (Å²) in [5.41, 5.74) is 3.34. The molecule has 0 amide bonds. The van der Waals surface area contributed by atoms with Crippen LogP contribution in [0.3, 0.4) is 0 Å². The summed E-state index contributed by atoms with van der Waals surface area (Å²) in [5, 5.41) is 0.567. The number of ketones is 1. The third-order valence-corrected chi connectivity index (χ3v) is 8.06. The topological polar surface area (TPSA) is 47.3 Å². The average molecular weight is 603 g/mol. The van der Waals surface area contributed by atoms with Gasteiger partial charge in [-0.3, -0.25) is 9.59 Å². The van der Waals surface area contributed by atoms with E-state index in [0.29, 0.717) is 21.0 Å². The molecule has 0 saturated heterocycles. The van der Waals surface area contributed by atoms with Crippen molar-refractivity contribution in [1.29, 1.82) is 0 Å². The van der Waals surface area contributed by atoms with Crippen molar-refractivity contribution in [3.05, 3.63) is 112 Å². The Hall–Kier alpha value is -2.45. The molecule has 0 aliphatic heterocycles. The number of carbonyl (C=O) groups is 2. The number of thioether (sulfide) groups is 1. The van der Waals surface area contributed by atoms with Gasteiger partial charge in [-0.25, -0.2) is 0 Å². The Morgan fingerprint density at radius 1 is 0.972 bits per heavy atom. The first-order chi connectivity index (χ1) is 17.1. The molecule has 0 fully saturated rings. The molecule has 0 aliphatic rings. The van der Waals surface area contributed by atoms with Crippen LogP contribution in [0.1, 0.15) is 33.3 Å². The predicted octanol–water partition coefficient (Wildman–Crippen LogP) is 3.35. The highest BCUT2D eigenvalue weighted by molar-refractivity contribution is 8.01. The molecule has 0 atom stereocenters. The van der Waals surface area contributed by atoms with Crippen LogP contribution in [0.15, 0.2) is 89.4 Å². The Morgan fingerprint density at radius 3 is 2.31 bits per heavy atom. The standard InChI is InChI=1S/C28H25ClNO3S2.BrH/c1-2-33-24(31)19-23-25(30-16-7-4-8-17-30)28(34-18-15-20-9-5-3-6-10-20)35-27(23)26(32)21-11-13-22(29)14-12-21;/h3-14,16-17H,2,15,18-19H2,1H3;1H/q+1;/p-1. The molecule has 0 N–H and O–H groups in total. The lowest BCUT2D eigenvalue weighted by Crippen LogP contribution is -3.00. The number of carbonyl (C=O) groups excluding carboxylic acids is 2. The Bertz CT molecular complexity index is 1300. The van der Waals surface area contributed by atoms with Crippen LogP contribution >= 0.6 is 34.7 Å². The maximum Gasteiger partial charge on any atom is 0.310 e. The Kier molecular flexibility index (Phi) is 10.7. The summed E-state index contributed by atoms with van der Waals surface area (Å²) in [7, 11) is 0. The maximum absolute atomic E-state index is 13.6. The van der Waals surface area contributed by atoms with Crippen LogP contribution in [0.2, 0.25) is 5.02 Å². The van der Waals surface area contributed by atoms with Gasteiger partial charge >= 0.3 is 5.97 Å². The van der Waals surface area contributed by atoms with E-state index >= 15 is 0 Å². The number of ether oxygens (including phenoxy) is 1. The molecule has 2 aromatic heterocycles. The first-order valence-electron chi connectivity index (χ1n) is 11.3. The maximum atomic E-state index is 13.6. The summed E-state index contributed by atoms with van der Waals surface area (Å²) in [4.78, 5) is 26.8. The number of benzene rings is 2. The molecular weight excluding hydrogens is 578 g/mol. The fourth-order valence-corrected chi connectivity index (χ4v) is 6.45. The van der Waals surface area contributed by atoms with Gasteiger partial charge in [0.2, 0.25) is 11.5 Å². The van der Waals surface area contributed by atoms with Gasteiger partial charge < -0.3 is 21.7 Å². The number of pyridine rings is 1. The second kappa shape index (κ2) is 13.7. The van der Waals surface area contributed by atoms with E-state index in [0.717, 1.165) is 22.1 Å². The quantitative estimate of drug-likeness (QED) is 0.121. The van der Waals surface area contributed by atoms with Crippen LogP contribution < -0.4 is 21.5 Å². The van der Waals surface area contributed by atoms with E-state index in [4.69, 9.17) is 16.3 Å². The number of rotatable bonds is 10. The number of hydrogen-bond donors (Lipinski definition) is 0. The molecule has 0 spiro atoms. The number of hydrogen-bond acceptors (Lipinski definition) is 5. The van der Waals surface area contributed by atoms with Crippen LogP contribution in [0.4, 0.5) is 0 Å². The van der Waals surface area contributed by atoms with Crippen LogP contribution in [0.5, 0.6) is 0 Å². The summed E-state index contributed by atoms with van der Waals surface area (Å²) >= 11 is 9.17. The molecule has 0 radical (unpaired) electrons. The van der Waals surface area contributed by atoms with E-state index in [2.05, 4.69) is 12.1 Å². The second-order valence-corrected chi connectivity index (χ2v) is 10.6. The van der Waals surface area contributed by atoms with E-state index in [1.54, 1.807) is 43.0 Å². The van der Waals surface area contributed by atoms with Gasteiger partial charge in [0.1, 0.15) is 4.21 Å². The first kappa shape index (κ1) is 28.1. The zero-order valence-corrected chi connectivity index (χ0v) is 23.6. The highest BCUT2D eigenvalue weighted by atomic mass is 79.9. The molecule has 2 aromatic carbocycles. The van der Waals surface area contributed by atoms with Crippen molar-refractivity contribution < 1.29 is 35.9 Å². The van der Waals surface area contributed by atoms with E-state index < -0.39 is 0 Å². The largest absolute Gasteiger partial charge is 1.00 e. The summed E-state index contributed by atoms with van der Waals surface area (Å²) in [6, 6.07) is 23.0. The van der Waals surface area contributed by atoms with Crippen LogP contribution in [0.25, 0.3) is 5.69 Å². The van der Waals surface area contributed by atoms with Crippen molar-refractivity contribution in [1.82, 2.24) is 0 Å². The van der Waals surface area contributed by atoms with E-state index in [9.17, 15) is 9.59 Å². The number of aromatic nitrogens is 1. The second-order valence-electron chi connectivity index (χ2n) is 7.73. The molecule has 36 heavy (non-hydrogen) atoms. The molecule has 2 heterocycles. The lowest BCUT2D eigenvalue weighted by Gasteiger charge is -2.06. The lowest BCUT2D eigenvalue weighted by atomic mass is 10.0. The van der Waals surface area contributed by atoms with E-state index in [-0.39, 0.29) is 41.8 Å². The smallest absolute Gasteiger partial charge is 0.310 e. The van der Waals surface area contributed by atoms with Crippen molar-refractivity contribution >= 4 is 46.5 Å². The van der Waals surface area contributed by atoms with Gasteiger partial charge in [-0.15, -0.1) is 23.1 Å². The minimum absolute atomic E-state index is 0. The van der Waals surface area contributed by atoms with Crippen molar-refractivity contribution in [2.45, 2.75) is 24.0 Å². The van der Waals surface area contributed by atoms with Crippen molar-refractivity contribution in [3.8, 4) is 5.69 Å². The number of thiophene rings is 1. The van der Waals surface area contributed by atoms with Crippen molar-refractivity contribution in [2.24, 2.45) is 0 Å². The molecule has 0 saturated carbocycles. The lowest BCUT2D eigenvalue weighted by molar-refractivity contribution is -0.598. The van der Waals surface area contributed by atoms with Crippen molar-refractivity contribution in [3.63, 3.8) is 0 Å². The molecule has 0 unspecified atom stereocenters. The molecular formula is C28H25BrClNO3S2. The summed E-state index contributed by atoms with van der Waals surface area (Å²) in [5.74, 6) is 0.367. The number of nitrogens with zero attached hydrogens (tertiary/aromatic N) is 1. The predicted molar refractivity (Wildman–Crippen MR) is 142 cm³/mol. The number of esters is 1. The minimum atomic E-state index is -0.353. The summed E-state index contributed by atoms with van der Waals surface area (Å²) in [6.45, 7) is 2.07. The molecule has 4 aromatic rings. The van der Waals surface area contributed by atoms with E-state index in [1.165, 1.54) is 16.9 Å². The van der Waals surface area contributed by atoms with Gasteiger partial charge in [-0.1, -0.05) is 48.0 Å². The van der Waals surface area contributed by atoms with Crippen LogP contribution in [-0.4, -0.2) is 24.1 Å². The third-order valence-electron chi connectivity index (χ3n) is 5.33. The fraction of sp³-hybridized carbons (Fsp3) is 0.179. The average Bonchev–Trinajstić information content (AvgIpc) is 3.23. The van der Waals surface area contributed by atoms with Crippen LogP contribution in [-0.2, 0) is 22.4 Å². The van der Waals surface area contributed by atoms with Crippen molar-refractivity contribution in [2.75, 3.05) is 12.4 Å². The van der Waals surface area contributed by atoms with Gasteiger partial charge in [0, 0.05) is 28.5 Å². The summed E-state index contributed by atoms with van der Waals surface area (Å²) in [6.07, 6.45) is 4.80. The van der Waals surface area contributed by atoms with Gasteiger partial charge in [-0.05, 0) is 43.2 Å². The number of halogens is 2. The summed E-state index contributed by atoms with van der Waals surface area (Å²) < 4.78 is 8.24. The third kappa shape index (κ3) is 7.07. The minimum Gasteiger partial charge on any atom is -1.00 e. The van der Waals surface area contributed by atoms with E-state index in [1.807, 2.05) is 53.4 Å². The normalized spacial score (nSPS) is 10.5. The molecule has 0 bridgehead atoms. The van der Waals surface area contributed by atoms with Crippen LogP contribution in [0, 0.1) is 0 Å². The molecule has 186 valence electrons. The zero-order chi connectivity index (χ0) is 24.6. The number of aryl methyl sites for hydroxylation is 1. The SMILES string of the molecule is CCOC(=O)Cc1c(C(=O)c2ccc(Cl)cc2)sc(SCCc2ccccc2)c1-[n+]1ccccc1.[Br-]. The van der Waals surface area contributed by atoms with Gasteiger partial charge in [0.15, 0.2) is 12.4 Å². The van der Waals surface area contributed by atoms with Gasteiger partial charge in [-0.2, -0.15) is 4.57 Å². The molecule has 4 rings (SSSR count). The molecule has 0 aliphatic carbocycles. The van der Waals surface area contributed by atoms with Gasteiger partial charge in [0.25, 0.3) is 0 Å². The zero-order valence-electron chi connectivity index (χ0n) is 19.7. The highest BCUT2D eigenvalue weighted by Gasteiger charge is 2.31. The molecule has 8 heteroatoms. The van der Waals surface area contributed by atoms with Gasteiger partial charge in [0.05, 0.1) is 23.5 Å². The highest BCUT2D eigenvalue weighted by Crippen LogP contribution is 2.38.